The van der Waals surface area contributed by atoms with Gasteiger partial charge in [0.25, 0.3) is 0 Å². The molecule has 1 fully saturated rings. The highest BCUT2D eigenvalue weighted by molar-refractivity contribution is 9.10. The summed E-state index contributed by atoms with van der Waals surface area (Å²) < 4.78 is 38.1. The average molecular weight is 309 g/mol. The Balaban J connectivity index is 2.30. The van der Waals surface area contributed by atoms with E-state index >= 15 is 0 Å². The highest BCUT2D eigenvalue weighted by Crippen LogP contribution is 2.34. The van der Waals surface area contributed by atoms with Crippen molar-refractivity contribution in [1.29, 1.82) is 0 Å². The molecule has 0 radical (unpaired) electrons. The smallest absolute Gasteiger partial charge is 0.316 e. The molecule has 0 amide bonds. The van der Waals surface area contributed by atoms with Crippen molar-refractivity contribution >= 4 is 15.9 Å². The first-order valence-corrected chi connectivity index (χ1v) is 6.22. The topological polar surface area (TPSA) is 24.9 Å². The van der Waals surface area contributed by atoms with Crippen LogP contribution in [0.4, 0.5) is 13.2 Å². The zero-order chi connectivity index (χ0) is 12.5. The number of piperidine rings is 1. The highest BCUT2D eigenvalue weighted by atomic mass is 79.9. The zero-order valence-corrected chi connectivity index (χ0v) is 10.6. The number of rotatable bonds is 1. The first kappa shape index (κ1) is 12.8. The SMILES string of the molecule is FC(F)(F)c1nc(C2CCCNC2)ccc1Br. The number of nitrogens with one attached hydrogen (secondary N) is 1. The van der Waals surface area contributed by atoms with E-state index in [4.69, 9.17) is 0 Å². The molecule has 0 aromatic carbocycles. The summed E-state index contributed by atoms with van der Waals surface area (Å²) in [5, 5.41) is 3.17. The van der Waals surface area contributed by atoms with Crippen molar-refractivity contribution in [3.8, 4) is 0 Å². The lowest BCUT2D eigenvalue weighted by atomic mass is 9.95. The van der Waals surface area contributed by atoms with E-state index < -0.39 is 11.9 Å². The minimum absolute atomic E-state index is 0.00230. The first-order chi connectivity index (χ1) is 7.98. The number of hydrogen-bond acceptors (Lipinski definition) is 2. The van der Waals surface area contributed by atoms with Gasteiger partial charge in [0.05, 0.1) is 0 Å². The second-order valence-corrected chi connectivity index (χ2v) is 4.96. The van der Waals surface area contributed by atoms with Crippen molar-refractivity contribution in [2.75, 3.05) is 13.1 Å². The van der Waals surface area contributed by atoms with Gasteiger partial charge in [-0.2, -0.15) is 13.2 Å². The molecule has 1 aromatic heterocycles. The van der Waals surface area contributed by atoms with Crippen molar-refractivity contribution in [2.24, 2.45) is 0 Å². The number of pyridine rings is 1. The van der Waals surface area contributed by atoms with Crippen molar-refractivity contribution in [3.05, 3.63) is 28.0 Å². The van der Waals surface area contributed by atoms with Crippen molar-refractivity contribution in [3.63, 3.8) is 0 Å². The van der Waals surface area contributed by atoms with Crippen LogP contribution in [0.5, 0.6) is 0 Å². The quantitative estimate of drug-likeness (QED) is 0.861. The zero-order valence-electron chi connectivity index (χ0n) is 9.02. The molecule has 6 heteroatoms. The van der Waals surface area contributed by atoms with Gasteiger partial charge in [-0.25, -0.2) is 4.98 Å². The minimum Gasteiger partial charge on any atom is -0.316 e. The van der Waals surface area contributed by atoms with Gasteiger partial charge in [-0.3, -0.25) is 0 Å². The molecule has 2 heterocycles. The third-order valence-corrected chi connectivity index (χ3v) is 3.49. The summed E-state index contributed by atoms with van der Waals surface area (Å²) in [7, 11) is 0. The molecule has 94 valence electrons. The number of halogens is 4. The van der Waals surface area contributed by atoms with Crippen LogP contribution in [0.2, 0.25) is 0 Å². The summed E-state index contributed by atoms with van der Waals surface area (Å²) in [6, 6.07) is 3.09. The Hall–Kier alpha value is -0.620. The number of hydrogen-bond donors (Lipinski definition) is 1. The summed E-state index contributed by atoms with van der Waals surface area (Å²) >= 11 is 2.89. The van der Waals surface area contributed by atoms with Gasteiger partial charge in [0, 0.05) is 22.6 Å². The molecule has 2 rings (SSSR count). The normalized spacial score (nSPS) is 21.5. The van der Waals surface area contributed by atoms with Gasteiger partial charge < -0.3 is 5.32 Å². The van der Waals surface area contributed by atoms with E-state index in [0.29, 0.717) is 12.2 Å². The molecule has 0 aliphatic carbocycles. The summed E-state index contributed by atoms with van der Waals surface area (Å²) in [5.41, 5.74) is -0.312. The standard InChI is InChI=1S/C11H12BrF3N2/c12-8-3-4-9(7-2-1-5-16-6-7)17-10(8)11(13,14)15/h3-4,7,16H,1-2,5-6H2. The Labute approximate surface area is 106 Å². The minimum atomic E-state index is -4.41. The van der Waals surface area contributed by atoms with E-state index in [2.05, 4.69) is 26.2 Å². The second-order valence-electron chi connectivity index (χ2n) is 4.11. The Morgan fingerprint density at radius 1 is 1.35 bits per heavy atom. The van der Waals surface area contributed by atoms with Gasteiger partial charge in [0.15, 0.2) is 5.69 Å². The fourth-order valence-corrected chi connectivity index (χ4v) is 2.43. The van der Waals surface area contributed by atoms with Gasteiger partial charge in [0.2, 0.25) is 0 Å². The lowest BCUT2D eigenvalue weighted by Gasteiger charge is -2.23. The second kappa shape index (κ2) is 4.94. The molecular formula is C11H12BrF3N2. The third kappa shape index (κ3) is 2.98. The summed E-state index contributed by atoms with van der Waals surface area (Å²) in [5.74, 6) is 0.0814. The van der Waals surface area contributed by atoms with Crippen LogP contribution in [0.15, 0.2) is 16.6 Å². The molecule has 1 saturated heterocycles. The van der Waals surface area contributed by atoms with E-state index in [1.165, 1.54) is 6.07 Å². The van der Waals surface area contributed by atoms with Crippen molar-refractivity contribution in [1.82, 2.24) is 10.3 Å². The van der Waals surface area contributed by atoms with Crippen LogP contribution in [0.3, 0.4) is 0 Å². The highest BCUT2D eigenvalue weighted by Gasteiger charge is 2.35. The predicted octanol–water partition coefficient (Wildman–Crippen LogP) is 3.33. The molecule has 1 aromatic rings. The molecule has 17 heavy (non-hydrogen) atoms. The number of aromatic nitrogens is 1. The van der Waals surface area contributed by atoms with Crippen LogP contribution < -0.4 is 5.32 Å². The first-order valence-electron chi connectivity index (χ1n) is 5.43. The molecule has 0 saturated carbocycles. The van der Waals surface area contributed by atoms with E-state index in [1.807, 2.05) is 0 Å². The van der Waals surface area contributed by atoms with E-state index in [9.17, 15) is 13.2 Å². The fraction of sp³-hybridized carbons (Fsp3) is 0.545. The molecule has 1 unspecified atom stereocenters. The lowest BCUT2D eigenvalue weighted by molar-refractivity contribution is -0.141. The monoisotopic (exact) mass is 308 g/mol. The molecule has 1 aliphatic heterocycles. The molecule has 0 spiro atoms. The van der Waals surface area contributed by atoms with Crippen LogP contribution in [-0.4, -0.2) is 18.1 Å². The molecule has 1 aliphatic rings. The Morgan fingerprint density at radius 3 is 2.71 bits per heavy atom. The maximum Gasteiger partial charge on any atom is 0.434 e. The van der Waals surface area contributed by atoms with Crippen molar-refractivity contribution < 1.29 is 13.2 Å². The fourth-order valence-electron chi connectivity index (χ4n) is 1.99. The molecule has 0 bridgehead atoms. The van der Waals surface area contributed by atoms with E-state index in [-0.39, 0.29) is 10.4 Å². The maximum atomic E-state index is 12.7. The maximum absolute atomic E-state index is 12.7. The third-order valence-electron chi connectivity index (χ3n) is 2.85. The average Bonchev–Trinajstić information content (AvgIpc) is 2.29. The van der Waals surface area contributed by atoms with Gasteiger partial charge >= 0.3 is 6.18 Å². The molecule has 2 nitrogen and oxygen atoms in total. The van der Waals surface area contributed by atoms with Crippen molar-refractivity contribution in [2.45, 2.75) is 24.9 Å². The predicted molar refractivity (Wildman–Crippen MR) is 61.8 cm³/mol. The number of nitrogens with zero attached hydrogens (tertiary/aromatic N) is 1. The van der Waals surface area contributed by atoms with Gasteiger partial charge in [-0.05, 0) is 47.4 Å². The Bertz CT molecular complexity index is 400. The van der Waals surface area contributed by atoms with Crippen LogP contribution in [0.25, 0.3) is 0 Å². The van der Waals surface area contributed by atoms with Gasteiger partial charge in [-0.1, -0.05) is 0 Å². The summed E-state index contributed by atoms with van der Waals surface area (Å²) in [6.45, 7) is 1.63. The van der Waals surface area contributed by atoms with E-state index in [1.54, 1.807) is 6.07 Å². The van der Waals surface area contributed by atoms with Crippen LogP contribution in [0, 0.1) is 0 Å². The summed E-state index contributed by atoms with van der Waals surface area (Å²) in [4.78, 5) is 3.76. The van der Waals surface area contributed by atoms with Gasteiger partial charge in [0.1, 0.15) is 0 Å². The largest absolute Gasteiger partial charge is 0.434 e. The molecule has 1 atom stereocenters. The van der Waals surface area contributed by atoms with Gasteiger partial charge in [-0.15, -0.1) is 0 Å². The van der Waals surface area contributed by atoms with Crippen LogP contribution in [-0.2, 0) is 6.18 Å². The summed E-state index contributed by atoms with van der Waals surface area (Å²) in [6.07, 6.45) is -2.54. The number of alkyl halides is 3. The lowest BCUT2D eigenvalue weighted by Crippen LogP contribution is -2.29. The Morgan fingerprint density at radius 2 is 2.12 bits per heavy atom. The Kier molecular flexibility index (Phi) is 3.73. The molecule has 1 N–H and O–H groups in total. The van der Waals surface area contributed by atoms with Crippen LogP contribution in [0.1, 0.15) is 30.1 Å². The molecular weight excluding hydrogens is 297 g/mol. The van der Waals surface area contributed by atoms with E-state index in [0.717, 1.165) is 19.4 Å². The van der Waals surface area contributed by atoms with Crippen LogP contribution >= 0.6 is 15.9 Å².